The molecule has 0 fully saturated rings. The van der Waals surface area contributed by atoms with E-state index < -0.39 is 11.9 Å². The van der Waals surface area contributed by atoms with Gasteiger partial charge in [-0.3, -0.25) is 4.79 Å². The summed E-state index contributed by atoms with van der Waals surface area (Å²) >= 11 is 13.1. The molecule has 4 aromatic carbocycles. The summed E-state index contributed by atoms with van der Waals surface area (Å²) in [5, 5.41) is 5.39. The number of nitrogens with one attached hydrogen (secondary N) is 2. The van der Waals surface area contributed by atoms with Crippen molar-refractivity contribution in [2.24, 2.45) is 5.10 Å². The lowest BCUT2D eigenvalue weighted by Crippen LogP contribution is -2.19. The molecule has 41 heavy (non-hydrogen) atoms. The maximum Gasteiger partial charge on any atom is 0.345 e. The van der Waals surface area contributed by atoms with Crippen LogP contribution in [0.3, 0.4) is 0 Å². The summed E-state index contributed by atoms with van der Waals surface area (Å²) in [5.74, 6) is -0.825. The third-order valence-corrected chi connectivity index (χ3v) is 7.66. The zero-order chi connectivity index (χ0) is 29.1. The number of anilines is 1. The van der Waals surface area contributed by atoms with E-state index in [1.54, 1.807) is 36.4 Å². The molecular formula is C31H23Br2ClN4O3. The smallest absolute Gasteiger partial charge is 0.345 e. The topological polar surface area (TPSA) is 86.8 Å². The molecule has 7 nitrogen and oxygen atoms in total. The second-order valence-electron chi connectivity index (χ2n) is 9.24. The van der Waals surface area contributed by atoms with Crippen molar-refractivity contribution in [3.05, 3.63) is 116 Å². The molecule has 5 aromatic rings. The second kappa shape index (κ2) is 12.3. The van der Waals surface area contributed by atoms with E-state index in [2.05, 4.69) is 47.4 Å². The van der Waals surface area contributed by atoms with Gasteiger partial charge in [0.1, 0.15) is 5.69 Å². The first kappa shape index (κ1) is 28.6. The Morgan fingerprint density at radius 2 is 1.71 bits per heavy atom. The predicted octanol–water partition coefficient (Wildman–Crippen LogP) is 8.06. The fraction of sp³-hybridized carbons (Fsp3) is 0.0645. The van der Waals surface area contributed by atoms with Gasteiger partial charge in [-0.25, -0.2) is 10.2 Å². The van der Waals surface area contributed by atoms with E-state index in [1.807, 2.05) is 67.5 Å². The van der Waals surface area contributed by atoms with Gasteiger partial charge in [-0.15, -0.1) is 0 Å². The van der Waals surface area contributed by atoms with Crippen LogP contribution in [-0.4, -0.2) is 37.2 Å². The summed E-state index contributed by atoms with van der Waals surface area (Å²) in [5.41, 5.74) is 7.17. The maximum absolute atomic E-state index is 13.5. The number of amides is 1. The third kappa shape index (κ3) is 6.22. The number of H-pyrrole nitrogens is 1. The van der Waals surface area contributed by atoms with Gasteiger partial charge in [0.15, 0.2) is 5.75 Å². The number of halogens is 3. The lowest BCUT2D eigenvalue weighted by molar-refractivity contribution is 0.0733. The van der Waals surface area contributed by atoms with Gasteiger partial charge in [-0.2, -0.15) is 5.10 Å². The van der Waals surface area contributed by atoms with Crippen molar-refractivity contribution in [1.29, 1.82) is 0 Å². The molecule has 10 heteroatoms. The summed E-state index contributed by atoms with van der Waals surface area (Å²) < 4.78 is 6.91. The highest BCUT2D eigenvalue weighted by molar-refractivity contribution is 9.11. The van der Waals surface area contributed by atoms with Crippen molar-refractivity contribution in [3.8, 4) is 16.9 Å². The predicted molar refractivity (Wildman–Crippen MR) is 171 cm³/mol. The van der Waals surface area contributed by atoms with Crippen LogP contribution in [0.1, 0.15) is 26.4 Å². The molecule has 0 aliphatic heterocycles. The Kier molecular flexibility index (Phi) is 8.58. The van der Waals surface area contributed by atoms with Crippen molar-refractivity contribution in [3.63, 3.8) is 0 Å². The van der Waals surface area contributed by atoms with E-state index in [9.17, 15) is 9.59 Å². The van der Waals surface area contributed by atoms with Crippen LogP contribution in [0.4, 0.5) is 5.69 Å². The number of hydrazone groups is 1. The maximum atomic E-state index is 13.5. The molecular weight excluding hydrogens is 672 g/mol. The Morgan fingerprint density at radius 1 is 0.976 bits per heavy atom. The van der Waals surface area contributed by atoms with E-state index in [-0.39, 0.29) is 16.3 Å². The number of esters is 1. The SMILES string of the molecule is CN(C)c1ccc2[nH]c(C(=O)NN=Cc3cc(Br)cc(Br)c3OC(=O)c3ccccc3Cl)c(-c3ccccc3)c2c1. The first-order valence-electron chi connectivity index (χ1n) is 12.4. The van der Waals surface area contributed by atoms with Gasteiger partial charge in [-0.1, -0.05) is 70.0 Å². The van der Waals surface area contributed by atoms with Gasteiger partial charge in [0.2, 0.25) is 0 Å². The van der Waals surface area contributed by atoms with Gasteiger partial charge in [-0.05, 0) is 64.0 Å². The largest absolute Gasteiger partial charge is 0.421 e. The molecule has 5 rings (SSSR count). The summed E-state index contributed by atoms with van der Waals surface area (Å²) in [6.07, 6.45) is 1.41. The molecule has 206 valence electrons. The highest BCUT2D eigenvalue weighted by atomic mass is 79.9. The number of nitrogens with zero attached hydrogens (tertiary/aromatic N) is 2. The number of benzene rings is 4. The summed E-state index contributed by atoms with van der Waals surface area (Å²) in [7, 11) is 3.94. The molecule has 2 N–H and O–H groups in total. The molecule has 0 atom stereocenters. The Bertz CT molecular complexity index is 1800. The van der Waals surface area contributed by atoms with Crippen LogP contribution < -0.4 is 15.1 Å². The van der Waals surface area contributed by atoms with Crippen LogP contribution in [0.5, 0.6) is 5.75 Å². The Hall–Kier alpha value is -3.92. The fourth-order valence-corrected chi connectivity index (χ4v) is 5.86. The number of hydrogen-bond acceptors (Lipinski definition) is 5. The zero-order valence-electron chi connectivity index (χ0n) is 21.9. The van der Waals surface area contributed by atoms with E-state index in [0.717, 1.165) is 27.7 Å². The number of aromatic nitrogens is 1. The minimum atomic E-state index is -0.625. The highest BCUT2D eigenvalue weighted by Gasteiger charge is 2.21. The molecule has 0 aliphatic rings. The highest BCUT2D eigenvalue weighted by Crippen LogP contribution is 2.35. The lowest BCUT2D eigenvalue weighted by atomic mass is 10.0. The minimum Gasteiger partial charge on any atom is -0.421 e. The molecule has 0 unspecified atom stereocenters. The van der Waals surface area contributed by atoms with E-state index in [1.165, 1.54) is 6.21 Å². The Labute approximate surface area is 258 Å². The van der Waals surface area contributed by atoms with Crippen LogP contribution in [-0.2, 0) is 0 Å². The number of hydrogen-bond donors (Lipinski definition) is 2. The van der Waals surface area contributed by atoms with Gasteiger partial charge >= 0.3 is 5.97 Å². The number of rotatable bonds is 7. The van der Waals surface area contributed by atoms with Crippen molar-refractivity contribution < 1.29 is 14.3 Å². The Morgan fingerprint density at radius 3 is 2.44 bits per heavy atom. The molecule has 0 radical (unpaired) electrons. The first-order chi connectivity index (χ1) is 19.7. The standard InChI is InChI=1S/C31H23Br2ClN4O3/c1-38(2)21-12-13-26-23(16-21)27(18-8-4-3-5-9-18)28(36-26)30(39)37-35-17-19-14-20(32)15-24(33)29(19)41-31(40)22-10-6-7-11-25(22)34/h3-17,36H,1-2H3,(H,37,39). The average molecular weight is 695 g/mol. The van der Waals surface area contributed by atoms with Crippen LogP contribution in [0.2, 0.25) is 5.02 Å². The van der Waals surface area contributed by atoms with Crippen molar-refractivity contribution in [2.45, 2.75) is 0 Å². The van der Waals surface area contributed by atoms with Gasteiger partial charge < -0.3 is 14.6 Å². The molecule has 0 aliphatic carbocycles. The first-order valence-corrected chi connectivity index (χ1v) is 14.4. The van der Waals surface area contributed by atoms with Crippen molar-refractivity contribution in [2.75, 3.05) is 19.0 Å². The lowest BCUT2D eigenvalue weighted by Gasteiger charge is -2.12. The van der Waals surface area contributed by atoms with Crippen LogP contribution in [0.25, 0.3) is 22.0 Å². The molecule has 1 amide bonds. The monoisotopic (exact) mass is 692 g/mol. The number of aromatic amines is 1. The second-order valence-corrected chi connectivity index (χ2v) is 11.4. The quantitative estimate of drug-likeness (QED) is 0.0782. The van der Waals surface area contributed by atoms with E-state index in [4.69, 9.17) is 16.3 Å². The molecule has 1 heterocycles. The van der Waals surface area contributed by atoms with Gasteiger partial charge in [0, 0.05) is 46.3 Å². The third-order valence-electron chi connectivity index (χ3n) is 6.28. The zero-order valence-corrected chi connectivity index (χ0v) is 25.8. The number of ether oxygens (including phenoxy) is 1. The number of carbonyl (C=O) groups is 2. The van der Waals surface area contributed by atoms with Crippen LogP contribution in [0, 0.1) is 0 Å². The molecule has 0 saturated carbocycles. The summed E-state index contributed by atoms with van der Waals surface area (Å²) in [6, 6.07) is 25.8. The molecule has 0 spiro atoms. The Balaban J connectivity index is 1.46. The van der Waals surface area contributed by atoms with Crippen molar-refractivity contribution in [1.82, 2.24) is 10.4 Å². The summed E-state index contributed by atoms with van der Waals surface area (Å²) in [6.45, 7) is 0. The van der Waals surface area contributed by atoms with E-state index in [0.29, 0.717) is 20.2 Å². The van der Waals surface area contributed by atoms with Gasteiger partial charge in [0.25, 0.3) is 5.91 Å². The molecule has 0 bridgehead atoms. The molecule has 1 aromatic heterocycles. The van der Waals surface area contributed by atoms with Gasteiger partial charge in [0.05, 0.1) is 21.3 Å². The normalized spacial score (nSPS) is 11.1. The van der Waals surface area contributed by atoms with Crippen LogP contribution >= 0.6 is 43.5 Å². The number of carbonyl (C=O) groups excluding carboxylic acids is 2. The van der Waals surface area contributed by atoms with Crippen molar-refractivity contribution >= 4 is 78.1 Å². The number of fused-ring (bicyclic) bond motifs is 1. The fourth-order valence-electron chi connectivity index (χ4n) is 4.31. The average Bonchev–Trinajstić information content (AvgIpc) is 3.34. The minimum absolute atomic E-state index is 0.225. The summed E-state index contributed by atoms with van der Waals surface area (Å²) in [4.78, 5) is 31.6. The van der Waals surface area contributed by atoms with Crippen LogP contribution in [0.15, 0.2) is 99.0 Å². The molecule has 0 saturated heterocycles. The van der Waals surface area contributed by atoms with E-state index >= 15 is 0 Å².